The third-order valence-corrected chi connectivity index (χ3v) is 2.88. The maximum atomic E-state index is 11.9. The van der Waals surface area contributed by atoms with Crippen molar-refractivity contribution in [3.05, 3.63) is 58.4 Å². The minimum Gasteiger partial charge on any atom is -0.311 e. The fourth-order valence-corrected chi connectivity index (χ4v) is 1.89. The van der Waals surface area contributed by atoms with Crippen LogP contribution in [0.25, 0.3) is 11.3 Å². The molecule has 3 heteroatoms. The molecule has 2 nitrogen and oxygen atoms in total. The SMILES string of the molecule is Cn1c(-c2ccccc2)ccc(CCl)c1=O. The van der Waals surface area contributed by atoms with Gasteiger partial charge in [0.25, 0.3) is 5.56 Å². The van der Waals surface area contributed by atoms with Crippen LogP contribution in [-0.4, -0.2) is 4.57 Å². The highest BCUT2D eigenvalue weighted by Crippen LogP contribution is 2.17. The summed E-state index contributed by atoms with van der Waals surface area (Å²) >= 11 is 5.69. The van der Waals surface area contributed by atoms with Crippen LogP contribution in [0.3, 0.4) is 0 Å². The molecule has 0 aliphatic heterocycles. The molecule has 0 fully saturated rings. The zero-order valence-electron chi connectivity index (χ0n) is 8.98. The van der Waals surface area contributed by atoms with Gasteiger partial charge in [-0.05, 0) is 11.6 Å². The second-order valence-electron chi connectivity index (χ2n) is 3.61. The Bertz CT molecular complexity index is 546. The van der Waals surface area contributed by atoms with Gasteiger partial charge in [-0.2, -0.15) is 0 Å². The molecule has 0 spiro atoms. The Hall–Kier alpha value is -1.54. The van der Waals surface area contributed by atoms with Crippen molar-refractivity contribution in [1.82, 2.24) is 4.57 Å². The Morgan fingerprint density at radius 1 is 1.12 bits per heavy atom. The van der Waals surface area contributed by atoms with E-state index in [1.165, 1.54) is 0 Å². The lowest BCUT2D eigenvalue weighted by molar-refractivity contribution is 0.856. The molecule has 1 heterocycles. The van der Waals surface area contributed by atoms with Gasteiger partial charge in [0, 0.05) is 12.6 Å². The van der Waals surface area contributed by atoms with Crippen LogP contribution in [-0.2, 0) is 12.9 Å². The molecule has 0 bridgehead atoms. The van der Waals surface area contributed by atoms with E-state index in [4.69, 9.17) is 11.6 Å². The molecule has 0 aliphatic rings. The van der Waals surface area contributed by atoms with Gasteiger partial charge in [-0.15, -0.1) is 11.6 Å². The van der Waals surface area contributed by atoms with Crippen molar-refractivity contribution >= 4 is 11.6 Å². The lowest BCUT2D eigenvalue weighted by Gasteiger charge is -2.09. The van der Waals surface area contributed by atoms with Gasteiger partial charge in [0.15, 0.2) is 0 Å². The Balaban J connectivity index is 2.61. The van der Waals surface area contributed by atoms with Crippen LogP contribution in [0, 0.1) is 0 Å². The van der Waals surface area contributed by atoms with Crippen LogP contribution in [0.5, 0.6) is 0 Å². The number of benzene rings is 1. The summed E-state index contributed by atoms with van der Waals surface area (Å²) in [6.45, 7) is 0. The Labute approximate surface area is 99.1 Å². The van der Waals surface area contributed by atoms with Crippen LogP contribution >= 0.6 is 11.6 Å². The molecule has 0 atom stereocenters. The largest absolute Gasteiger partial charge is 0.311 e. The summed E-state index contributed by atoms with van der Waals surface area (Å²) in [7, 11) is 1.76. The first-order valence-electron chi connectivity index (χ1n) is 5.04. The topological polar surface area (TPSA) is 22.0 Å². The highest BCUT2D eigenvalue weighted by atomic mass is 35.5. The van der Waals surface area contributed by atoms with E-state index in [0.29, 0.717) is 5.56 Å². The van der Waals surface area contributed by atoms with Crippen molar-refractivity contribution in [2.45, 2.75) is 5.88 Å². The van der Waals surface area contributed by atoms with Crippen molar-refractivity contribution < 1.29 is 0 Å². The normalized spacial score (nSPS) is 10.4. The maximum absolute atomic E-state index is 11.9. The maximum Gasteiger partial charge on any atom is 0.255 e. The average molecular weight is 234 g/mol. The van der Waals surface area contributed by atoms with Gasteiger partial charge in [-0.3, -0.25) is 4.79 Å². The number of aromatic nitrogens is 1. The summed E-state index contributed by atoms with van der Waals surface area (Å²) in [4.78, 5) is 11.9. The van der Waals surface area contributed by atoms with Gasteiger partial charge in [-0.25, -0.2) is 0 Å². The fourth-order valence-electron chi connectivity index (χ4n) is 1.69. The molecular formula is C13H12ClNO. The minimum absolute atomic E-state index is 0.0312. The van der Waals surface area contributed by atoms with Gasteiger partial charge in [-0.1, -0.05) is 36.4 Å². The van der Waals surface area contributed by atoms with Crippen molar-refractivity contribution in [2.75, 3.05) is 0 Å². The van der Waals surface area contributed by atoms with Crippen LogP contribution < -0.4 is 5.56 Å². The van der Waals surface area contributed by atoms with Gasteiger partial charge < -0.3 is 4.57 Å². The van der Waals surface area contributed by atoms with Crippen LogP contribution in [0.1, 0.15) is 5.56 Å². The molecule has 16 heavy (non-hydrogen) atoms. The number of halogens is 1. The van der Waals surface area contributed by atoms with E-state index >= 15 is 0 Å². The zero-order valence-corrected chi connectivity index (χ0v) is 9.74. The second kappa shape index (κ2) is 4.54. The van der Waals surface area contributed by atoms with Gasteiger partial charge in [0.1, 0.15) is 0 Å². The number of alkyl halides is 1. The molecule has 0 aliphatic carbocycles. The molecule has 0 saturated heterocycles. The number of nitrogens with zero attached hydrogens (tertiary/aromatic N) is 1. The van der Waals surface area contributed by atoms with Crippen LogP contribution in [0.2, 0.25) is 0 Å². The van der Waals surface area contributed by atoms with Crippen molar-refractivity contribution in [3.63, 3.8) is 0 Å². The quantitative estimate of drug-likeness (QED) is 0.732. The highest BCUT2D eigenvalue weighted by Gasteiger charge is 2.05. The Kier molecular flexibility index (Phi) is 3.11. The number of hydrogen-bond acceptors (Lipinski definition) is 1. The van der Waals surface area contributed by atoms with Crippen LogP contribution in [0.4, 0.5) is 0 Å². The Morgan fingerprint density at radius 3 is 2.44 bits per heavy atom. The molecule has 0 unspecified atom stereocenters. The fraction of sp³-hybridized carbons (Fsp3) is 0.154. The molecule has 0 N–H and O–H groups in total. The first-order chi connectivity index (χ1) is 7.74. The summed E-state index contributed by atoms with van der Waals surface area (Å²) in [6.07, 6.45) is 0. The molecule has 0 amide bonds. The summed E-state index contributed by atoms with van der Waals surface area (Å²) in [6, 6.07) is 13.5. The predicted octanol–water partition coefficient (Wildman–Crippen LogP) is 2.79. The molecule has 0 radical (unpaired) electrons. The molecule has 1 aromatic heterocycles. The van der Waals surface area contributed by atoms with E-state index in [1.54, 1.807) is 17.7 Å². The molecular weight excluding hydrogens is 222 g/mol. The smallest absolute Gasteiger partial charge is 0.255 e. The summed E-state index contributed by atoms with van der Waals surface area (Å²) in [5, 5.41) is 0. The lowest BCUT2D eigenvalue weighted by Crippen LogP contribution is -2.21. The molecule has 2 rings (SSSR count). The monoisotopic (exact) mass is 233 g/mol. The standard InChI is InChI=1S/C13H12ClNO/c1-15-12(10-5-3-2-4-6-10)8-7-11(9-14)13(15)16/h2-8H,9H2,1H3. The van der Waals surface area contributed by atoms with Crippen molar-refractivity contribution in [1.29, 1.82) is 0 Å². The summed E-state index contributed by atoms with van der Waals surface area (Å²) in [5.74, 6) is 0.252. The third-order valence-electron chi connectivity index (χ3n) is 2.60. The number of hydrogen-bond donors (Lipinski definition) is 0. The van der Waals surface area contributed by atoms with E-state index in [0.717, 1.165) is 11.3 Å². The zero-order chi connectivity index (χ0) is 11.5. The molecule has 2 aromatic rings. The van der Waals surface area contributed by atoms with Crippen molar-refractivity contribution in [2.24, 2.45) is 7.05 Å². The number of pyridine rings is 1. The molecule has 0 saturated carbocycles. The van der Waals surface area contributed by atoms with Gasteiger partial charge in [0.2, 0.25) is 0 Å². The first-order valence-corrected chi connectivity index (χ1v) is 5.58. The highest BCUT2D eigenvalue weighted by molar-refractivity contribution is 6.17. The van der Waals surface area contributed by atoms with Gasteiger partial charge in [0.05, 0.1) is 11.6 Å². The van der Waals surface area contributed by atoms with E-state index in [-0.39, 0.29) is 11.4 Å². The van der Waals surface area contributed by atoms with E-state index in [2.05, 4.69) is 0 Å². The lowest BCUT2D eigenvalue weighted by atomic mass is 10.1. The van der Waals surface area contributed by atoms with E-state index in [9.17, 15) is 4.79 Å². The summed E-state index contributed by atoms with van der Waals surface area (Å²) < 4.78 is 1.63. The molecule has 82 valence electrons. The predicted molar refractivity (Wildman–Crippen MR) is 66.7 cm³/mol. The molecule has 1 aromatic carbocycles. The first kappa shape index (κ1) is 11.0. The van der Waals surface area contributed by atoms with E-state index < -0.39 is 0 Å². The average Bonchev–Trinajstić information content (AvgIpc) is 2.34. The third kappa shape index (κ3) is 1.89. The Morgan fingerprint density at radius 2 is 1.81 bits per heavy atom. The summed E-state index contributed by atoms with van der Waals surface area (Å²) in [5.41, 5.74) is 2.53. The second-order valence-corrected chi connectivity index (χ2v) is 3.87. The van der Waals surface area contributed by atoms with Crippen LogP contribution in [0.15, 0.2) is 47.3 Å². The number of rotatable bonds is 2. The van der Waals surface area contributed by atoms with E-state index in [1.807, 2.05) is 36.4 Å². The van der Waals surface area contributed by atoms with Gasteiger partial charge >= 0.3 is 0 Å². The minimum atomic E-state index is -0.0312. The van der Waals surface area contributed by atoms with Crippen molar-refractivity contribution in [3.8, 4) is 11.3 Å².